The van der Waals surface area contributed by atoms with Gasteiger partial charge in [0.1, 0.15) is 0 Å². The van der Waals surface area contributed by atoms with Crippen molar-refractivity contribution in [3.05, 3.63) is 0 Å². The zero-order valence-corrected chi connectivity index (χ0v) is 10.1. The molecule has 0 aromatic rings. The van der Waals surface area contributed by atoms with Crippen molar-refractivity contribution in [2.24, 2.45) is 11.7 Å². The number of carbonyl (C=O) groups is 1. The minimum Gasteiger partial charge on any atom is -0.343 e. The first-order valence-electron chi connectivity index (χ1n) is 5.83. The fraction of sp³-hybridized carbons (Fsp3) is 0.900. The minimum absolute atomic E-state index is 0.204. The van der Waals surface area contributed by atoms with Crippen LogP contribution in [0.3, 0.4) is 0 Å². The molecule has 1 fully saturated rings. The van der Waals surface area contributed by atoms with Crippen LogP contribution in [0.15, 0.2) is 0 Å². The van der Waals surface area contributed by atoms with Gasteiger partial charge < -0.3 is 4.90 Å². The summed E-state index contributed by atoms with van der Waals surface area (Å²) in [4.78, 5) is 13.7. The zero-order chi connectivity index (χ0) is 12.0. The van der Waals surface area contributed by atoms with E-state index in [1.54, 1.807) is 12.1 Å². The minimum atomic E-state index is 0.204. The van der Waals surface area contributed by atoms with Crippen LogP contribution in [-0.2, 0) is 4.79 Å². The first-order valence-corrected chi connectivity index (χ1v) is 5.83. The normalized spacial score (nSPS) is 17.2. The monoisotopic (exact) mass is 229 g/mol. The summed E-state index contributed by atoms with van der Waals surface area (Å²) in [5.74, 6) is 11.4. The second-order valence-electron chi connectivity index (χ2n) is 4.40. The Kier molecular flexibility index (Phi) is 5.68. The molecule has 0 unspecified atom stereocenters. The van der Waals surface area contributed by atoms with Gasteiger partial charge in [-0.2, -0.15) is 0 Å². The molecule has 0 radical (unpaired) electrons. The fourth-order valence-corrected chi connectivity index (χ4v) is 1.90. The molecule has 6 nitrogen and oxygen atoms in total. The Morgan fingerprint density at radius 2 is 1.88 bits per heavy atom. The van der Waals surface area contributed by atoms with Crippen LogP contribution < -0.4 is 11.7 Å². The zero-order valence-electron chi connectivity index (χ0n) is 10.1. The van der Waals surface area contributed by atoms with Crippen LogP contribution in [0.4, 0.5) is 0 Å². The lowest BCUT2D eigenvalue weighted by molar-refractivity contribution is -0.132. The van der Waals surface area contributed by atoms with E-state index in [-0.39, 0.29) is 5.91 Å². The number of carbonyl (C=O) groups excluding carboxylic acids is 1. The Balaban J connectivity index is 2.18. The van der Waals surface area contributed by atoms with Crippen molar-refractivity contribution < 1.29 is 4.79 Å². The molecule has 1 heterocycles. The Hall–Kier alpha value is -0.690. The van der Waals surface area contributed by atoms with E-state index < -0.39 is 0 Å². The Morgan fingerprint density at radius 3 is 2.44 bits per heavy atom. The average Bonchev–Trinajstić information content (AvgIpc) is 2.26. The van der Waals surface area contributed by atoms with E-state index in [0.717, 1.165) is 25.9 Å². The molecule has 0 bridgehead atoms. The molecular weight excluding hydrogens is 206 g/mol. The largest absolute Gasteiger partial charge is 0.343 e. The quantitative estimate of drug-likeness (QED) is 0.371. The van der Waals surface area contributed by atoms with Crippen LogP contribution in [0, 0.1) is 0 Å². The summed E-state index contributed by atoms with van der Waals surface area (Å²) >= 11 is 0. The molecule has 6 heteroatoms. The van der Waals surface area contributed by atoms with Gasteiger partial charge in [-0.15, -0.1) is 0 Å². The molecule has 1 amide bonds. The second kappa shape index (κ2) is 6.80. The lowest BCUT2D eigenvalue weighted by atomic mass is 10.1. The first kappa shape index (κ1) is 13.4. The number of nitrogens with zero attached hydrogens (tertiary/aromatic N) is 3. The molecule has 1 aliphatic heterocycles. The Morgan fingerprint density at radius 1 is 1.25 bits per heavy atom. The molecule has 0 atom stereocenters. The summed E-state index contributed by atoms with van der Waals surface area (Å²) < 4.78 is 0. The number of hydrazine groups is 2. The summed E-state index contributed by atoms with van der Waals surface area (Å²) in [5.41, 5.74) is 0. The Bertz CT molecular complexity index is 215. The molecule has 16 heavy (non-hydrogen) atoms. The topological polar surface area (TPSA) is 78.8 Å². The van der Waals surface area contributed by atoms with Crippen LogP contribution >= 0.6 is 0 Å². The third kappa shape index (κ3) is 4.89. The summed E-state index contributed by atoms with van der Waals surface area (Å²) in [6.45, 7) is 2.82. The van der Waals surface area contributed by atoms with Crippen LogP contribution in [0.5, 0.6) is 0 Å². The molecule has 1 saturated heterocycles. The summed E-state index contributed by atoms with van der Waals surface area (Å²) in [7, 11) is 1.74. The molecule has 0 aromatic carbocycles. The number of rotatable bonds is 5. The summed E-state index contributed by atoms with van der Waals surface area (Å²) in [5, 5.41) is 3.05. The van der Waals surface area contributed by atoms with Crippen LogP contribution in [-0.4, -0.2) is 54.2 Å². The van der Waals surface area contributed by atoms with Gasteiger partial charge in [0.2, 0.25) is 5.91 Å². The standard InChI is InChI=1S/C10H23N5O/c1-13(11)9-15(12)8-5-10(16)14-6-3-2-4-7-14/h2-9,11-12H2,1H3. The van der Waals surface area contributed by atoms with Gasteiger partial charge >= 0.3 is 0 Å². The van der Waals surface area contributed by atoms with Gasteiger partial charge in [-0.1, -0.05) is 0 Å². The molecule has 0 saturated carbocycles. The summed E-state index contributed by atoms with van der Waals surface area (Å²) in [6.07, 6.45) is 3.97. The smallest absolute Gasteiger partial charge is 0.223 e. The van der Waals surface area contributed by atoms with Crippen molar-refractivity contribution in [2.45, 2.75) is 25.7 Å². The number of amides is 1. The average molecular weight is 229 g/mol. The SMILES string of the molecule is CN(N)CN(N)CCC(=O)N1CCCCC1. The molecule has 0 aromatic heterocycles. The molecule has 1 aliphatic rings. The van der Waals surface area contributed by atoms with Gasteiger partial charge in [0.15, 0.2) is 0 Å². The number of piperidine rings is 1. The predicted molar refractivity (Wildman–Crippen MR) is 62.8 cm³/mol. The number of nitrogens with two attached hydrogens (primary N) is 2. The van der Waals surface area contributed by atoms with Crippen LogP contribution in [0.25, 0.3) is 0 Å². The van der Waals surface area contributed by atoms with Gasteiger partial charge in [-0.3, -0.25) is 16.5 Å². The van der Waals surface area contributed by atoms with E-state index in [0.29, 0.717) is 19.6 Å². The van der Waals surface area contributed by atoms with Crippen molar-refractivity contribution in [3.8, 4) is 0 Å². The van der Waals surface area contributed by atoms with Crippen molar-refractivity contribution in [3.63, 3.8) is 0 Å². The number of likely N-dealkylation sites (tertiary alicyclic amines) is 1. The Labute approximate surface area is 97.1 Å². The van der Waals surface area contributed by atoms with Gasteiger partial charge in [-0.25, -0.2) is 10.0 Å². The summed E-state index contributed by atoms with van der Waals surface area (Å²) in [6, 6.07) is 0. The van der Waals surface area contributed by atoms with E-state index in [1.165, 1.54) is 11.4 Å². The van der Waals surface area contributed by atoms with E-state index in [9.17, 15) is 4.79 Å². The maximum absolute atomic E-state index is 11.8. The van der Waals surface area contributed by atoms with Gasteiger partial charge in [0.25, 0.3) is 0 Å². The third-order valence-electron chi connectivity index (χ3n) is 2.73. The number of hydrogen-bond acceptors (Lipinski definition) is 5. The molecule has 0 spiro atoms. The molecule has 0 aliphatic carbocycles. The van der Waals surface area contributed by atoms with Crippen molar-refractivity contribution in [1.82, 2.24) is 14.9 Å². The fourth-order valence-electron chi connectivity index (χ4n) is 1.90. The van der Waals surface area contributed by atoms with E-state index in [2.05, 4.69) is 0 Å². The second-order valence-corrected chi connectivity index (χ2v) is 4.40. The van der Waals surface area contributed by atoms with Crippen LogP contribution in [0.1, 0.15) is 25.7 Å². The predicted octanol–water partition coefficient (Wildman–Crippen LogP) is -0.672. The highest BCUT2D eigenvalue weighted by atomic mass is 16.2. The maximum Gasteiger partial charge on any atom is 0.223 e. The van der Waals surface area contributed by atoms with Crippen molar-refractivity contribution in [2.75, 3.05) is 33.4 Å². The highest BCUT2D eigenvalue weighted by molar-refractivity contribution is 5.76. The van der Waals surface area contributed by atoms with Gasteiger partial charge in [0, 0.05) is 33.1 Å². The number of hydrogen-bond donors (Lipinski definition) is 2. The van der Waals surface area contributed by atoms with Gasteiger partial charge in [0.05, 0.1) is 6.67 Å². The van der Waals surface area contributed by atoms with Crippen molar-refractivity contribution in [1.29, 1.82) is 0 Å². The van der Waals surface area contributed by atoms with Crippen molar-refractivity contribution >= 4 is 5.91 Å². The van der Waals surface area contributed by atoms with E-state index in [1.807, 2.05) is 4.90 Å². The highest BCUT2D eigenvalue weighted by Crippen LogP contribution is 2.09. The van der Waals surface area contributed by atoms with E-state index in [4.69, 9.17) is 11.7 Å². The molecular formula is C10H23N5O. The molecule has 94 valence electrons. The molecule has 1 rings (SSSR count). The lowest BCUT2D eigenvalue weighted by Crippen LogP contribution is -2.45. The first-order chi connectivity index (χ1) is 7.59. The maximum atomic E-state index is 11.8. The third-order valence-corrected chi connectivity index (χ3v) is 2.73. The van der Waals surface area contributed by atoms with Crippen LogP contribution in [0.2, 0.25) is 0 Å². The lowest BCUT2D eigenvalue weighted by Gasteiger charge is -2.27. The van der Waals surface area contributed by atoms with E-state index >= 15 is 0 Å². The highest BCUT2D eigenvalue weighted by Gasteiger charge is 2.16. The molecule has 4 N–H and O–H groups in total. The van der Waals surface area contributed by atoms with Gasteiger partial charge in [-0.05, 0) is 19.3 Å².